The number of fused-ring (bicyclic) bond motifs is 2. The van der Waals surface area contributed by atoms with Crippen molar-refractivity contribution in [1.29, 1.82) is 0 Å². The molecule has 0 amide bonds. The average molecular weight is 420 g/mol. The van der Waals surface area contributed by atoms with Gasteiger partial charge in [-0.1, -0.05) is 18.2 Å². The predicted octanol–water partition coefficient (Wildman–Crippen LogP) is 5.73. The van der Waals surface area contributed by atoms with E-state index >= 15 is 0 Å². The Morgan fingerprint density at radius 1 is 0.719 bits per heavy atom. The Hall–Kier alpha value is -4.32. The van der Waals surface area contributed by atoms with Gasteiger partial charge >= 0.3 is 0 Å². The van der Waals surface area contributed by atoms with Crippen LogP contribution in [-0.4, -0.2) is 19.1 Å². The number of nitrogens with zero attached hydrogens (tertiary/aromatic N) is 5. The minimum atomic E-state index is 0.695. The van der Waals surface area contributed by atoms with Crippen LogP contribution in [-0.2, 0) is 0 Å². The van der Waals surface area contributed by atoms with Crippen molar-refractivity contribution in [2.75, 3.05) is 24.7 Å². The van der Waals surface area contributed by atoms with Crippen LogP contribution in [0.4, 0.5) is 22.7 Å². The average Bonchev–Trinajstić information content (AvgIpc) is 2.82. The van der Waals surface area contributed by atoms with E-state index in [1.807, 2.05) is 93.0 Å². The van der Waals surface area contributed by atoms with Crippen molar-refractivity contribution >= 4 is 44.8 Å². The second-order valence-electron chi connectivity index (χ2n) is 7.81. The number of anilines is 2. The first-order valence-electron chi connectivity index (χ1n) is 10.4. The maximum absolute atomic E-state index is 6.11. The van der Waals surface area contributed by atoms with Crippen molar-refractivity contribution in [3.63, 3.8) is 0 Å². The van der Waals surface area contributed by atoms with Gasteiger partial charge in [-0.05, 0) is 48.5 Å². The number of nitrogens with two attached hydrogens (primary N) is 1. The number of para-hydroxylation sites is 1. The molecule has 0 saturated heterocycles. The van der Waals surface area contributed by atoms with Crippen LogP contribution in [0.25, 0.3) is 27.8 Å². The van der Waals surface area contributed by atoms with E-state index in [1.54, 1.807) is 0 Å². The molecule has 4 aromatic carbocycles. The zero-order chi connectivity index (χ0) is 22.1. The molecule has 0 fully saturated rings. The lowest BCUT2D eigenvalue weighted by atomic mass is 10.2. The first kappa shape index (κ1) is 19.6. The molecule has 32 heavy (non-hydrogen) atoms. The van der Waals surface area contributed by atoms with Crippen LogP contribution >= 0.6 is 0 Å². The maximum Gasteiger partial charge on any atom is 0.239 e. The quantitative estimate of drug-likeness (QED) is 0.175. The summed E-state index contributed by atoms with van der Waals surface area (Å²) in [6.07, 6.45) is 0. The molecule has 156 valence electrons. The van der Waals surface area contributed by atoms with Gasteiger partial charge in [0.25, 0.3) is 0 Å². The molecule has 5 rings (SSSR count). The molecule has 0 unspecified atom stereocenters. The van der Waals surface area contributed by atoms with E-state index in [0.29, 0.717) is 5.69 Å². The number of hydrogen-bond acceptors (Lipinski definition) is 5. The lowest BCUT2D eigenvalue weighted by Crippen LogP contribution is -2.33. The van der Waals surface area contributed by atoms with Crippen LogP contribution in [0.5, 0.6) is 0 Å². The molecule has 6 nitrogen and oxygen atoms in total. The van der Waals surface area contributed by atoms with Crippen molar-refractivity contribution in [3.8, 4) is 5.69 Å². The molecule has 0 saturated carbocycles. The van der Waals surface area contributed by atoms with Gasteiger partial charge in [0.15, 0.2) is 0 Å². The van der Waals surface area contributed by atoms with Crippen molar-refractivity contribution < 1.29 is 4.57 Å². The number of rotatable bonds is 4. The van der Waals surface area contributed by atoms with Crippen LogP contribution < -0.4 is 15.2 Å². The normalized spacial score (nSPS) is 11.4. The number of benzene rings is 4. The van der Waals surface area contributed by atoms with Crippen molar-refractivity contribution in [1.82, 2.24) is 4.98 Å². The highest BCUT2D eigenvalue weighted by atomic mass is 15.1. The Kier molecular flexibility index (Phi) is 4.95. The summed E-state index contributed by atoms with van der Waals surface area (Å²) < 4.78 is 2.17. The highest BCUT2D eigenvalue weighted by molar-refractivity contribution is 5.85. The third-order valence-electron chi connectivity index (χ3n) is 5.34. The third-order valence-corrected chi connectivity index (χ3v) is 5.34. The van der Waals surface area contributed by atoms with Gasteiger partial charge in [0.1, 0.15) is 11.0 Å². The van der Waals surface area contributed by atoms with E-state index in [2.05, 4.69) is 31.8 Å². The lowest BCUT2D eigenvalue weighted by Gasteiger charge is -2.11. The summed E-state index contributed by atoms with van der Waals surface area (Å²) in [6.45, 7) is 0. The van der Waals surface area contributed by atoms with Gasteiger partial charge < -0.3 is 10.6 Å². The SMILES string of the molecule is CN(C)c1ccc(N=Nc2ccc3nc4ccc(N)cc4[n+](-c4ccccc4)c3c2)cc1. The summed E-state index contributed by atoms with van der Waals surface area (Å²) in [6, 6.07) is 29.9. The van der Waals surface area contributed by atoms with Gasteiger partial charge in [0.05, 0.1) is 11.4 Å². The van der Waals surface area contributed by atoms with Gasteiger partial charge in [0, 0.05) is 49.7 Å². The Bertz CT molecular complexity index is 1440. The van der Waals surface area contributed by atoms with Gasteiger partial charge in [-0.25, -0.2) is 4.98 Å². The van der Waals surface area contributed by atoms with Crippen LogP contribution in [0.1, 0.15) is 0 Å². The number of hydrogen-bond donors (Lipinski definition) is 1. The zero-order valence-electron chi connectivity index (χ0n) is 18.0. The molecule has 6 heteroatoms. The summed E-state index contributed by atoms with van der Waals surface area (Å²) >= 11 is 0. The molecule has 2 N–H and O–H groups in total. The van der Waals surface area contributed by atoms with E-state index in [9.17, 15) is 0 Å². The smallest absolute Gasteiger partial charge is 0.239 e. The van der Waals surface area contributed by atoms with E-state index in [4.69, 9.17) is 10.7 Å². The molecule has 0 bridgehead atoms. The maximum atomic E-state index is 6.11. The van der Waals surface area contributed by atoms with Gasteiger partial charge in [0.2, 0.25) is 16.7 Å². The fourth-order valence-electron chi connectivity index (χ4n) is 3.71. The molecule has 0 aliphatic heterocycles. The van der Waals surface area contributed by atoms with E-state index in [1.165, 1.54) is 0 Å². The van der Waals surface area contributed by atoms with Gasteiger partial charge in [-0.15, -0.1) is 4.57 Å². The highest BCUT2D eigenvalue weighted by Crippen LogP contribution is 2.25. The Morgan fingerprint density at radius 2 is 1.34 bits per heavy atom. The molecule has 0 atom stereocenters. The Morgan fingerprint density at radius 3 is 2.06 bits per heavy atom. The Balaban J connectivity index is 1.65. The van der Waals surface area contributed by atoms with Crippen molar-refractivity contribution in [2.45, 2.75) is 0 Å². The number of aromatic nitrogens is 2. The molecule has 0 aliphatic rings. The second-order valence-corrected chi connectivity index (χ2v) is 7.81. The number of nitrogen functional groups attached to an aromatic ring is 1. The summed E-state index contributed by atoms with van der Waals surface area (Å²) in [5, 5.41) is 8.90. The van der Waals surface area contributed by atoms with Crippen molar-refractivity contribution in [3.05, 3.63) is 91.0 Å². The fraction of sp³-hybridized carbons (Fsp3) is 0.0769. The first-order valence-corrected chi connectivity index (χ1v) is 10.4. The standard InChI is InChI=1S/C26H22N6/c1-31(2)21-12-9-19(10-13-21)29-30-20-11-15-24-26(17-20)32(22-6-4-3-5-7-22)25-16-18(27)8-14-23(25)28-24/h3-17,27H,1-2H3/p+1. The van der Waals surface area contributed by atoms with Crippen LogP contribution in [0.15, 0.2) is 101 Å². The van der Waals surface area contributed by atoms with E-state index in [0.717, 1.165) is 44.8 Å². The highest BCUT2D eigenvalue weighted by Gasteiger charge is 2.20. The largest absolute Gasteiger partial charge is 0.399 e. The summed E-state index contributed by atoms with van der Waals surface area (Å²) in [7, 11) is 4.03. The molecular weight excluding hydrogens is 396 g/mol. The molecule has 0 radical (unpaired) electrons. The lowest BCUT2D eigenvalue weighted by molar-refractivity contribution is -0.538. The predicted molar refractivity (Wildman–Crippen MR) is 130 cm³/mol. The van der Waals surface area contributed by atoms with Crippen LogP contribution in [0, 0.1) is 0 Å². The molecule has 1 heterocycles. The zero-order valence-corrected chi connectivity index (χ0v) is 18.0. The van der Waals surface area contributed by atoms with E-state index < -0.39 is 0 Å². The van der Waals surface area contributed by atoms with Crippen LogP contribution in [0.2, 0.25) is 0 Å². The minimum absolute atomic E-state index is 0.695. The third kappa shape index (κ3) is 3.74. The molecule has 1 aromatic heterocycles. The van der Waals surface area contributed by atoms with Gasteiger partial charge in [-0.3, -0.25) is 0 Å². The molecular formula is C26H23N6+. The number of azo groups is 1. The summed E-state index contributed by atoms with van der Waals surface area (Å²) in [5.74, 6) is 0. The molecule has 0 aliphatic carbocycles. The summed E-state index contributed by atoms with van der Waals surface area (Å²) in [5.41, 5.74) is 14.1. The summed E-state index contributed by atoms with van der Waals surface area (Å²) in [4.78, 5) is 6.89. The second kappa shape index (κ2) is 8.07. The Labute approximate surface area is 186 Å². The van der Waals surface area contributed by atoms with E-state index in [-0.39, 0.29) is 0 Å². The van der Waals surface area contributed by atoms with Crippen LogP contribution in [0.3, 0.4) is 0 Å². The topological polar surface area (TPSA) is 70.8 Å². The molecule has 0 spiro atoms. The first-order chi connectivity index (χ1) is 15.6. The monoisotopic (exact) mass is 419 g/mol. The fourth-order valence-corrected chi connectivity index (χ4v) is 3.71. The van der Waals surface area contributed by atoms with Crippen molar-refractivity contribution in [2.24, 2.45) is 10.2 Å². The minimum Gasteiger partial charge on any atom is -0.399 e. The van der Waals surface area contributed by atoms with Gasteiger partial charge in [-0.2, -0.15) is 10.2 Å². The molecule has 5 aromatic rings.